The van der Waals surface area contributed by atoms with Crippen molar-refractivity contribution in [1.29, 1.82) is 0 Å². The maximum Gasteiger partial charge on any atom is 0.244 e. The van der Waals surface area contributed by atoms with Crippen LogP contribution in [0.5, 0.6) is 5.75 Å². The SMILES string of the molecule is COc1ccc(S(=O)(=O)N2CCN(S(=O)(=O)c3cccnc3)CC2)cc1Br. The molecule has 1 aromatic heterocycles. The van der Waals surface area contributed by atoms with Crippen LogP contribution in [0.1, 0.15) is 0 Å². The van der Waals surface area contributed by atoms with Crippen LogP contribution in [0.25, 0.3) is 0 Å². The molecule has 1 aliphatic heterocycles. The van der Waals surface area contributed by atoms with Gasteiger partial charge >= 0.3 is 0 Å². The summed E-state index contributed by atoms with van der Waals surface area (Å²) in [4.78, 5) is 4.06. The molecule has 0 aliphatic carbocycles. The minimum absolute atomic E-state index is 0.0749. The summed E-state index contributed by atoms with van der Waals surface area (Å²) in [5, 5.41) is 0. The highest BCUT2D eigenvalue weighted by molar-refractivity contribution is 9.10. The molecule has 2 aromatic rings. The molecular formula is C16H18BrN3O5S2. The number of piperazine rings is 1. The minimum atomic E-state index is -3.73. The van der Waals surface area contributed by atoms with E-state index in [-0.39, 0.29) is 36.0 Å². The second-order valence-corrected chi connectivity index (χ2v) is 10.5. The van der Waals surface area contributed by atoms with Crippen molar-refractivity contribution in [2.45, 2.75) is 9.79 Å². The zero-order chi connectivity index (χ0) is 19.7. The molecule has 1 aliphatic rings. The van der Waals surface area contributed by atoms with Gasteiger partial charge in [0.1, 0.15) is 10.6 Å². The molecule has 0 atom stereocenters. The van der Waals surface area contributed by atoms with E-state index < -0.39 is 20.0 Å². The molecular weight excluding hydrogens is 458 g/mol. The van der Waals surface area contributed by atoms with E-state index >= 15 is 0 Å². The van der Waals surface area contributed by atoms with Gasteiger partial charge < -0.3 is 4.74 Å². The Morgan fingerprint density at radius 2 is 1.56 bits per heavy atom. The van der Waals surface area contributed by atoms with Crippen molar-refractivity contribution in [3.63, 3.8) is 0 Å². The lowest BCUT2D eigenvalue weighted by molar-refractivity contribution is 0.272. The quantitative estimate of drug-likeness (QED) is 0.650. The number of hydrogen-bond acceptors (Lipinski definition) is 6. The van der Waals surface area contributed by atoms with Gasteiger partial charge in [-0.3, -0.25) is 4.98 Å². The van der Waals surface area contributed by atoms with Crippen molar-refractivity contribution in [2.24, 2.45) is 0 Å². The smallest absolute Gasteiger partial charge is 0.244 e. The first-order valence-corrected chi connectivity index (χ1v) is 11.7. The average Bonchev–Trinajstić information content (AvgIpc) is 2.68. The van der Waals surface area contributed by atoms with Crippen molar-refractivity contribution in [2.75, 3.05) is 33.3 Å². The molecule has 1 aromatic carbocycles. The summed E-state index contributed by atoms with van der Waals surface area (Å²) in [5.74, 6) is 0.529. The molecule has 2 heterocycles. The van der Waals surface area contributed by atoms with Crippen LogP contribution in [-0.2, 0) is 20.0 Å². The Bertz CT molecular complexity index is 1020. The van der Waals surface area contributed by atoms with Crippen molar-refractivity contribution in [1.82, 2.24) is 13.6 Å². The van der Waals surface area contributed by atoms with Gasteiger partial charge in [-0.2, -0.15) is 8.61 Å². The summed E-state index contributed by atoms with van der Waals surface area (Å²) in [6.45, 7) is 0.304. The maximum absolute atomic E-state index is 12.9. The lowest BCUT2D eigenvalue weighted by Gasteiger charge is -2.33. The third kappa shape index (κ3) is 4.02. The Hall–Kier alpha value is -1.53. The van der Waals surface area contributed by atoms with E-state index in [0.717, 1.165) is 0 Å². The Morgan fingerprint density at radius 1 is 0.963 bits per heavy atom. The van der Waals surface area contributed by atoms with Crippen LogP contribution < -0.4 is 4.74 Å². The average molecular weight is 476 g/mol. The molecule has 3 rings (SSSR count). The molecule has 27 heavy (non-hydrogen) atoms. The third-order valence-electron chi connectivity index (χ3n) is 4.23. The van der Waals surface area contributed by atoms with Gasteiger partial charge in [-0.15, -0.1) is 0 Å². The molecule has 146 valence electrons. The summed E-state index contributed by atoms with van der Waals surface area (Å²) in [7, 11) is -5.92. The molecule has 0 bridgehead atoms. The van der Waals surface area contributed by atoms with Gasteiger partial charge in [-0.1, -0.05) is 0 Å². The van der Waals surface area contributed by atoms with Crippen LogP contribution in [0, 0.1) is 0 Å². The fourth-order valence-electron chi connectivity index (χ4n) is 2.76. The Balaban J connectivity index is 1.76. The second-order valence-electron chi connectivity index (χ2n) is 5.79. The summed E-state index contributed by atoms with van der Waals surface area (Å²) in [6, 6.07) is 7.54. The van der Waals surface area contributed by atoms with Crippen LogP contribution in [-0.4, -0.2) is 63.7 Å². The summed E-state index contributed by atoms with van der Waals surface area (Å²) in [6.07, 6.45) is 2.78. The van der Waals surface area contributed by atoms with E-state index in [1.54, 1.807) is 12.1 Å². The van der Waals surface area contributed by atoms with Gasteiger partial charge in [0.05, 0.1) is 16.5 Å². The summed E-state index contributed by atoms with van der Waals surface area (Å²) >= 11 is 3.28. The monoisotopic (exact) mass is 475 g/mol. The fraction of sp³-hybridized carbons (Fsp3) is 0.312. The van der Waals surface area contributed by atoms with E-state index in [1.807, 2.05) is 0 Å². The van der Waals surface area contributed by atoms with Gasteiger partial charge in [-0.25, -0.2) is 16.8 Å². The first kappa shape index (κ1) is 20.2. The molecule has 0 unspecified atom stereocenters. The van der Waals surface area contributed by atoms with E-state index in [2.05, 4.69) is 20.9 Å². The molecule has 1 fully saturated rings. The lowest BCUT2D eigenvalue weighted by atomic mass is 10.3. The van der Waals surface area contributed by atoms with Crippen LogP contribution in [0.15, 0.2) is 57.0 Å². The number of sulfonamides is 2. The first-order valence-electron chi connectivity index (χ1n) is 8.00. The van der Waals surface area contributed by atoms with Crippen LogP contribution in [0.4, 0.5) is 0 Å². The van der Waals surface area contributed by atoms with Crippen LogP contribution in [0.3, 0.4) is 0 Å². The van der Waals surface area contributed by atoms with Gasteiger partial charge in [0.15, 0.2) is 0 Å². The van der Waals surface area contributed by atoms with Gasteiger partial charge in [0, 0.05) is 38.6 Å². The number of hydrogen-bond donors (Lipinski definition) is 0. The molecule has 8 nitrogen and oxygen atoms in total. The largest absolute Gasteiger partial charge is 0.496 e. The normalized spacial score (nSPS) is 17.0. The number of nitrogens with zero attached hydrogens (tertiary/aromatic N) is 3. The number of methoxy groups -OCH3 is 1. The van der Waals surface area contributed by atoms with Crippen LogP contribution in [0.2, 0.25) is 0 Å². The van der Waals surface area contributed by atoms with Crippen molar-refractivity contribution in [3.05, 3.63) is 47.2 Å². The van der Waals surface area contributed by atoms with Gasteiger partial charge in [0.25, 0.3) is 0 Å². The molecule has 1 saturated heterocycles. The molecule has 0 amide bonds. The fourth-order valence-corrected chi connectivity index (χ4v) is 6.28. The Kier molecular flexibility index (Phi) is 5.87. The maximum atomic E-state index is 12.9. The number of aromatic nitrogens is 1. The van der Waals surface area contributed by atoms with Gasteiger partial charge in [-0.05, 0) is 46.3 Å². The number of halogens is 1. The van der Waals surface area contributed by atoms with Crippen molar-refractivity contribution < 1.29 is 21.6 Å². The van der Waals surface area contributed by atoms with Crippen molar-refractivity contribution >= 4 is 36.0 Å². The number of ether oxygens (including phenoxy) is 1. The van der Waals surface area contributed by atoms with E-state index in [0.29, 0.717) is 10.2 Å². The molecule has 11 heteroatoms. The third-order valence-corrected chi connectivity index (χ3v) is 8.63. The summed E-state index contributed by atoms with van der Waals surface area (Å²) < 4.78 is 59.2. The number of benzene rings is 1. The number of rotatable bonds is 5. The lowest BCUT2D eigenvalue weighted by Crippen LogP contribution is -2.50. The molecule has 0 spiro atoms. The zero-order valence-electron chi connectivity index (χ0n) is 14.4. The predicted octanol–water partition coefficient (Wildman–Crippen LogP) is 1.55. The van der Waals surface area contributed by atoms with E-state index in [4.69, 9.17) is 4.74 Å². The summed E-state index contributed by atoms with van der Waals surface area (Å²) in [5.41, 5.74) is 0. The molecule has 0 radical (unpaired) electrons. The molecule has 0 saturated carbocycles. The minimum Gasteiger partial charge on any atom is -0.496 e. The van der Waals surface area contributed by atoms with Crippen molar-refractivity contribution in [3.8, 4) is 5.75 Å². The topological polar surface area (TPSA) is 96.9 Å². The highest BCUT2D eigenvalue weighted by Gasteiger charge is 2.34. The van der Waals surface area contributed by atoms with Crippen LogP contribution >= 0.6 is 15.9 Å². The number of pyridine rings is 1. The second kappa shape index (κ2) is 7.84. The van der Waals surface area contributed by atoms with E-state index in [9.17, 15) is 16.8 Å². The zero-order valence-corrected chi connectivity index (χ0v) is 17.7. The Morgan fingerprint density at radius 3 is 2.04 bits per heavy atom. The standard InChI is InChI=1S/C16H18BrN3O5S2/c1-25-16-5-4-13(11-15(16)17)26(21,22)19-7-9-20(10-8-19)27(23,24)14-3-2-6-18-12-14/h2-6,11-12H,7-10H2,1H3. The highest BCUT2D eigenvalue weighted by Crippen LogP contribution is 2.29. The van der Waals surface area contributed by atoms with Gasteiger partial charge in [0.2, 0.25) is 20.0 Å². The first-order chi connectivity index (χ1) is 12.8. The Labute approximate surface area is 167 Å². The molecule has 0 N–H and O–H groups in total. The van der Waals surface area contributed by atoms with E-state index in [1.165, 1.54) is 46.3 Å². The highest BCUT2D eigenvalue weighted by atomic mass is 79.9. The predicted molar refractivity (Wildman–Crippen MR) is 102 cm³/mol.